The summed E-state index contributed by atoms with van der Waals surface area (Å²) in [5.41, 5.74) is 2.10. The number of aryl methyl sites for hydroxylation is 1. The molecule has 2 aromatic heterocycles. The molecule has 1 aliphatic carbocycles. The number of ether oxygens (including phenoxy) is 1. The number of aromatic nitrogens is 1. The van der Waals surface area contributed by atoms with Crippen molar-refractivity contribution in [3.63, 3.8) is 0 Å². The van der Waals surface area contributed by atoms with Gasteiger partial charge in [-0.15, -0.1) is 0 Å². The first-order valence-electron chi connectivity index (χ1n) is 9.45. The van der Waals surface area contributed by atoms with Gasteiger partial charge in [0.05, 0.1) is 31.6 Å². The number of hydrogen-bond donors (Lipinski definition) is 0. The molecule has 0 spiro atoms. The molecule has 4 rings (SSSR count). The monoisotopic (exact) mass is 354 g/mol. The minimum Gasteiger partial charge on any atom is -0.469 e. The van der Waals surface area contributed by atoms with Crippen molar-refractivity contribution >= 4 is 5.91 Å². The average Bonchev–Trinajstić information content (AvgIpc) is 3.30. The van der Waals surface area contributed by atoms with Gasteiger partial charge < -0.3 is 14.1 Å². The summed E-state index contributed by atoms with van der Waals surface area (Å²) in [5.74, 6) is 1.45. The first kappa shape index (κ1) is 17.3. The van der Waals surface area contributed by atoms with Crippen molar-refractivity contribution in [1.29, 1.82) is 0 Å². The van der Waals surface area contributed by atoms with Gasteiger partial charge in [0.15, 0.2) is 0 Å². The third kappa shape index (κ3) is 3.54. The van der Waals surface area contributed by atoms with Gasteiger partial charge in [0, 0.05) is 24.2 Å². The highest BCUT2D eigenvalue weighted by Gasteiger charge is 2.50. The molecule has 1 aliphatic heterocycles. The fourth-order valence-corrected chi connectivity index (χ4v) is 4.55. The van der Waals surface area contributed by atoms with Crippen molar-refractivity contribution in [2.45, 2.75) is 39.2 Å². The molecular formula is C21H26N2O3. The number of likely N-dealkylation sites (tertiary alicyclic amines) is 1. The van der Waals surface area contributed by atoms with Crippen molar-refractivity contribution in [3.05, 3.63) is 53.7 Å². The van der Waals surface area contributed by atoms with Gasteiger partial charge in [0.25, 0.3) is 0 Å². The summed E-state index contributed by atoms with van der Waals surface area (Å²) in [5, 5.41) is 0. The Balaban J connectivity index is 1.36. The zero-order chi connectivity index (χ0) is 18.0. The van der Waals surface area contributed by atoms with E-state index in [1.54, 1.807) is 6.26 Å². The van der Waals surface area contributed by atoms with Crippen LogP contribution in [0.15, 0.2) is 41.0 Å². The summed E-state index contributed by atoms with van der Waals surface area (Å²) in [6.45, 7) is 4.90. The van der Waals surface area contributed by atoms with Gasteiger partial charge in [-0.25, -0.2) is 0 Å². The lowest BCUT2D eigenvalue weighted by Crippen LogP contribution is -2.35. The minimum atomic E-state index is 0.114. The second-order valence-electron chi connectivity index (χ2n) is 7.75. The van der Waals surface area contributed by atoms with Gasteiger partial charge in [0.1, 0.15) is 5.76 Å². The topological polar surface area (TPSA) is 55.6 Å². The Morgan fingerprint density at radius 2 is 2.31 bits per heavy atom. The van der Waals surface area contributed by atoms with E-state index >= 15 is 0 Å². The predicted octanol–water partition coefficient (Wildman–Crippen LogP) is 3.37. The molecule has 0 radical (unpaired) electrons. The SMILES string of the molecule is Cc1cccc(COC[C@@]23CCC[C@@H]2CN(C(=O)Cc2ccco2)C3)n1. The van der Waals surface area contributed by atoms with E-state index in [1.807, 2.05) is 42.2 Å². The Kier molecular flexibility index (Phi) is 4.81. The summed E-state index contributed by atoms with van der Waals surface area (Å²) in [6, 6.07) is 9.71. The van der Waals surface area contributed by atoms with Gasteiger partial charge in [0.2, 0.25) is 5.91 Å². The van der Waals surface area contributed by atoms with Crippen LogP contribution in [0, 0.1) is 18.3 Å². The van der Waals surface area contributed by atoms with Crippen molar-refractivity contribution < 1.29 is 13.9 Å². The smallest absolute Gasteiger partial charge is 0.230 e. The molecular weight excluding hydrogens is 328 g/mol. The first-order chi connectivity index (χ1) is 12.6. The molecule has 0 bridgehead atoms. The number of hydrogen-bond acceptors (Lipinski definition) is 4. The van der Waals surface area contributed by atoms with Gasteiger partial charge in [-0.2, -0.15) is 0 Å². The zero-order valence-electron chi connectivity index (χ0n) is 15.3. The molecule has 138 valence electrons. The number of pyridine rings is 1. The van der Waals surface area contributed by atoms with Crippen LogP contribution in [0.4, 0.5) is 0 Å². The number of rotatable bonds is 6. The normalized spacial score (nSPS) is 24.8. The maximum absolute atomic E-state index is 12.6. The van der Waals surface area contributed by atoms with Crippen LogP contribution in [0.5, 0.6) is 0 Å². The molecule has 0 unspecified atom stereocenters. The molecule has 0 N–H and O–H groups in total. The van der Waals surface area contributed by atoms with Crippen LogP contribution in [-0.2, 0) is 22.6 Å². The van der Waals surface area contributed by atoms with E-state index in [2.05, 4.69) is 4.98 Å². The number of nitrogens with zero attached hydrogens (tertiary/aromatic N) is 2. The molecule has 1 saturated carbocycles. The van der Waals surface area contributed by atoms with Crippen LogP contribution in [0.25, 0.3) is 0 Å². The summed E-state index contributed by atoms with van der Waals surface area (Å²) >= 11 is 0. The minimum absolute atomic E-state index is 0.114. The van der Waals surface area contributed by atoms with Crippen molar-refractivity contribution in [2.75, 3.05) is 19.7 Å². The lowest BCUT2D eigenvalue weighted by Gasteiger charge is -2.28. The van der Waals surface area contributed by atoms with Gasteiger partial charge >= 0.3 is 0 Å². The summed E-state index contributed by atoms with van der Waals surface area (Å²) in [7, 11) is 0. The highest BCUT2D eigenvalue weighted by Crippen LogP contribution is 2.49. The summed E-state index contributed by atoms with van der Waals surface area (Å²) in [6.07, 6.45) is 5.54. The maximum atomic E-state index is 12.6. The third-order valence-corrected chi connectivity index (χ3v) is 5.88. The molecule has 2 aromatic rings. The highest BCUT2D eigenvalue weighted by molar-refractivity contribution is 5.78. The fourth-order valence-electron chi connectivity index (χ4n) is 4.55. The van der Waals surface area contributed by atoms with E-state index in [9.17, 15) is 4.79 Å². The van der Waals surface area contributed by atoms with E-state index in [0.29, 0.717) is 25.6 Å². The molecule has 1 saturated heterocycles. The largest absolute Gasteiger partial charge is 0.469 e. The van der Waals surface area contributed by atoms with E-state index in [0.717, 1.165) is 36.7 Å². The lowest BCUT2D eigenvalue weighted by molar-refractivity contribution is -0.130. The second kappa shape index (κ2) is 7.23. The second-order valence-corrected chi connectivity index (χ2v) is 7.75. The van der Waals surface area contributed by atoms with Crippen LogP contribution in [0.1, 0.15) is 36.4 Å². The van der Waals surface area contributed by atoms with Crippen LogP contribution >= 0.6 is 0 Å². The zero-order valence-corrected chi connectivity index (χ0v) is 15.3. The average molecular weight is 354 g/mol. The standard InChI is InChI=1S/C21H26N2O3/c1-16-5-2-7-18(22-16)13-25-15-21-9-3-6-17(21)12-23(14-21)20(24)11-19-8-4-10-26-19/h2,4-5,7-8,10,17H,3,6,9,11-15H2,1H3/t17-,21+/m1/s1. The molecule has 3 heterocycles. The third-order valence-electron chi connectivity index (χ3n) is 5.88. The number of carbonyl (C=O) groups is 1. The van der Waals surface area contributed by atoms with Gasteiger partial charge in [-0.05, 0) is 49.9 Å². The predicted molar refractivity (Wildman–Crippen MR) is 97.4 cm³/mol. The Bertz CT molecular complexity index is 758. The maximum Gasteiger partial charge on any atom is 0.230 e. The van der Waals surface area contributed by atoms with Gasteiger partial charge in [-0.3, -0.25) is 9.78 Å². The molecule has 0 aromatic carbocycles. The van der Waals surface area contributed by atoms with Crippen molar-refractivity contribution in [2.24, 2.45) is 11.3 Å². The summed E-state index contributed by atoms with van der Waals surface area (Å²) < 4.78 is 11.4. The fraction of sp³-hybridized carbons (Fsp3) is 0.524. The molecule has 2 fully saturated rings. The quantitative estimate of drug-likeness (QED) is 0.798. The number of carbonyl (C=O) groups excluding carboxylic acids is 1. The molecule has 5 heteroatoms. The summed E-state index contributed by atoms with van der Waals surface area (Å²) in [4.78, 5) is 19.2. The lowest BCUT2D eigenvalue weighted by atomic mass is 9.81. The van der Waals surface area contributed by atoms with E-state index < -0.39 is 0 Å². The van der Waals surface area contributed by atoms with Crippen LogP contribution in [-0.4, -0.2) is 35.5 Å². The molecule has 5 nitrogen and oxygen atoms in total. The highest BCUT2D eigenvalue weighted by atomic mass is 16.5. The molecule has 1 amide bonds. The van der Waals surface area contributed by atoms with Crippen LogP contribution in [0.2, 0.25) is 0 Å². The van der Waals surface area contributed by atoms with Crippen LogP contribution in [0.3, 0.4) is 0 Å². The molecule has 26 heavy (non-hydrogen) atoms. The first-order valence-corrected chi connectivity index (χ1v) is 9.45. The molecule has 2 atom stereocenters. The van der Waals surface area contributed by atoms with E-state index in [-0.39, 0.29) is 11.3 Å². The number of amides is 1. The van der Waals surface area contributed by atoms with Crippen molar-refractivity contribution in [3.8, 4) is 0 Å². The van der Waals surface area contributed by atoms with E-state index in [4.69, 9.17) is 9.15 Å². The van der Waals surface area contributed by atoms with Crippen LogP contribution < -0.4 is 0 Å². The van der Waals surface area contributed by atoms with E-state index in [1.165, 1.54) is 12.8 Å². The number of fused-ring (bicyclic) bond motifs is 1. The number of furan rings is 1. The Labute approximate surface area is 154 Å². The Morgan fingerprint density at radius 3 is 3.12 bits per heavy atom. The Morgan fingerprint density at radius 1 is 1.38 bits per heavy atom. The molecule has 2 aliphatic rings. The van der Waals surface area contributed by atoms with Crippen molar-refractivity contribution in [1.82, 2.24) is 9.88 Å². The Hall–Kier alpha value is -2.14. The van der Waals surface area contributed by atoms with Gasteiger partial charge in [-0.1, -0.05) is 12.5 Å².